The minimum atomic E-state index is -0.764. The molecule has 0 aromatic heterocycles. The molecule has 0 amide bonds. The van der Waals surface area contributed by atoms with E-state index in [1.165, 1.54) is 0 Å². The summed E-state index contributed by atoms with van der Waals surface area (Å²) in [6.45, 7) is 0. The van der Waals surface area contributed by atoms with Crippen LogP contribution in [-0.4, -0.2) is 35.9 Å². The van der Waals surface area contributed by atoms with Crippen LogP contribution in [0.2, 0.25) is 0 Å². The highest BCUT2D eigenvalue weighted by Crippen LogP contribution is 2.45. The summed E-state index contributed by atoms with van der Waals surface area (Å²) in [4.78, 5) is 23.0. The van der Waals surface area contributed by atoms with E-state index in [2.05, 4.69) is 0 Å². The number of carbonyl (C=O) groups is 2. The second kappa shape index (κ2) is 5.95. The van der Waals surface area contributed by atoms with Crippen molar-refractivity contribution >= 4 is 12.3 Å². The predicted octanol–water partition coefficient (Wildman–Crippen LogP) is 1.54. The number of hydrogen-bond donors (Lipinski definition) is 1. The third-order valence-electron chi connectivity index (χ3n) is 4.41. The van der Waals surface area contributed by atoms with E-state index in [1.54, 1.807) is 24.3 Å². The molecule has 1 saturated carbocycles. The molecule has 1 aliphatic carbocycles. The summed E-state index contributed by atoms with van der Waals surface area (Å²) < 4.78 is 11.0. The quantitative estimate of drug-likeness (QED) is 0.672. The maximum Gasteiger partial charge on any atom is 0.338 e. The number of fused-ring (bicyclic) bond motifs is 1. The number of aliphatic hydroxyl groups excluding tert-OH is 1. The lowest BCUT2D eigenvalue weighted by molar-refractivity contribution is -0.110. The summed E-state index contributed by atoms with van der Waals surface area (Å²) in [6, 6.07) is 8.80. The first-order chi connectivity index (χ1) is 10.2. The van der Waals surface area contributed by atoms with Crippen LogP contribution in [0.15, 0.2) is 30.3 Å². The Labute approximate surface area is 122 Å². The summed E-state index contributed by atoms with van der Waals surface area (Å²) in [7, 11) is 0. The van der Waals surface area contributed by atoms with E-state index in [1.807, 2.05) is 6.07 Å². The highest BCUT2D eigenvalue weighted by molar-refractivity contribution is 5.89. The molecule has 112 valence electrons. The van der Waals surface area contributed by atoms with E-state index in [9.17, 15) is 14.7 Å². The Bertz CT molecular complexity index is 515. The molecule has 21 heavy (non-hydrogen) atoms. The molecule has 1 saturated heterocycles. The standard InChI is InChI=1S/C16H18O5/c17-7-6-11-12-8-15(18)20-14(12)9-13(11)21-16(19)10-4-2-1-3-5-10/h1-5,7,11-15,18H,6,8-9H2. The zero-order valence-electron chi connectivity index (χ0n) is 11.6. The molecule has 2 fully saturated rings. The monoisotopic (exact) mass is 290 g/mol. The van der Waals surface area contributed by atoms with E-state index in [0.717, 1.165) is 6.29 Å². The van der Waals surface area contributed by atoms with Gasteiger partial charge >= 0.3 is 5.97 Å². The molecule has 5 atom stereocenters. The molecule has 0 spiro atoms. The zero-order chi connectivity index (χ0) is 14.8. The zero-order valence-corrected chi connectivity index (χ0v) is 11.6. The molecule has 2 aliphatic rings. The third kappa shape index (κ3) is 2.84. The normalized spacial score (nSPS) is 34.4. The smallest absolute Gasteiger partial charge is 0.338 e. The Morgan fingerprint density at radius 1 is 1.33 bits per heavy atom. The fourth-order valence-electron chi connectivity index (χ4n) is 3.46. The Kier molecular flexibility index (Phi) is 4.03. The van der Waals surface area contributed by atoms with Gasteiger partial charge in [0.1, 0.15) is 12.4 Å². The average molecular weight is 290 g/mol. The number of aliphatic hydroxyl groups is 1. The molecule has 3 rings (SSSR count). The molecule has 1 aromatic carbocycles. The van der Waals surface area contributed by atoms with Crippen LogP contribution in [-0.2, 0) is 14.3 Å². The van der Waals surface area contributed by atoms with Gasteiger partial charge in [0.05, 0.1) is 11.7 Å². The van der Waals surface area contributed by atoms with Crippen molar-refractivity contribution in [3.05, 3.63) is 35.9 Å². The van der Waals surface area contributed by atoms with Gasteiger partial charge in [0, 0.05) is 25.2 Å². The lowest BCUT2D eigenvalue weighted by Crippen LogP contribution is -2.26. The minimum Gasteiger partial charge on any atom is -0.458 e. The summed E-state index contributed by atoms with van der Waals surface area (Å²) in [5.74, 6) is -0.367. The van der Waals surface area contributed by atoms with Gasteiger partial charge < -0.3 is 19.4 Å². The average Bonchev–Trinajstić information content (AvgIpc) is 2.98. The van der Waals surface area contributed by atoms with E-state index in [-0.39, 0.29) is 30.0 Å². The molecule has 0 bridgehead atoms. The molecule has 0 radical (unpaired) electrons. The van der Waals surface area contributed by atoms with Crippen LogP contribution < -0.4 is 0 Å². The van der Waals surface area contributed by atoms with Crippen LogP contribution in [0.5, 0.6) is 0 Å². The number of carbonyl (C=O) groups excluding carboxylic acids is 2. The summed E-state index contributed by atoms with van der Waals surface area (Å²) in [6.07, 6.45) is 0.996. The van der Waals surface area contributed by atoms with Gasteiger partial charge in [0.15, 0.2) is 6.29 Å². The largest absolute Gasteiger partial charge is 0.458 e. The predicted molar refractivity (Wildman–Crippen MR) is 73.4 cm³/mol. The van der Waals surface area contributed by atoms with E-state index >= 15 is 0 Å². The molecule has 5 unspecified atom stereocenters. The first kappa shape index (κ1) is 14.2. The molecule has 1 N–H and O–H groups in total. The second-order valence-corrected chi connectivity index (χ2v) is 5.64. The first-order valence-electron chi connectivity index (χ1n) is 7.22. The Hall–Kier alpha value is -1.72. The van der Waals surface area contributed by atoms with Gasteiger partial charge in [-0.25, -0.2) is 4.79 Å². The van der Waals surface area contributed by atoms with Gasteiger partial charge in [-0.2, -0.15) is 0 Å². The van der Waals surface area contributed by atoms with Gasteiger partial charge in [-0.3, -0.25) is 0 Å². The van der Waals surface area contributed by atoms with Crippen molar-refractivity contribution in [1.29, 1.82) is 0 Å². The number of aldehydes is 1. The van der Waals surface area contributed by atoms with Gasteiger partial charge in [0.25, 0.3) is 0 Å². The minimum absolute atomic E-state index is 0.0719. The van der Waals surface area contributed by atoms with Crippen molar-refractivity contribution < 1.29 is 24.2 Å². The van der Waals surface area contributed by atoms with Crippen molar-refractivity contribution in [3.8, 4) is 0 Å². The SMILES string of the molecule is O=CCC1C(OC(=O)c2ccccc2)CC2OC(O)CC21. The Morgan fingerprint density at radius 3 is 2.81 bits per heavy atom. The van der Waals surface area contributed by atoms with E-state index < -0.39 is 6.29 Å². The maximum atomic E-state index is 12.1. The number of rotatable bonds is 4. The number of esters is 1. The molecule has 1 aromatic rings. The van der Waals surface area contributed by atoms with Crippen molar-refractivity contribution in [2.45, 2.75) is 37.8 Å². The molecule has 5 nitrogen and oxygen atoms in total. The van der Waals surface area contributed by atoms with Crippen LogP contribution in [0.4, 0.5) is 0 Å². The number of benzene rings is 1. The molecule has 1 heterocycles. The molecular formula is C16H18O5. The lowest BCUT2D eigenvalue weighted by atomic mass is 9.89. The second-order valence-electron chi connectivity index (χ2n) is 5.64. The fraction of sp³-hybridized carbons (Fsp3) is 0.500. The maximum absolute atomic E-state index is 12.1. The summed E-state index contributed by atoms with van der Waals surface area (Å²) in [5, 5.41) is 9.55. The van der Waals surface area contributed by atoms with Crippen LogP contribution in [0.1, 0.15) is 29.6 Å². The van der Waals surface area contributed by atoms with Crippen LogP contribution in [0, 0.1) is 11.8 Å². The van der Waals surface area contributed by atoms with Crippen LogP contribution >= 0.6 is 0 Å². The third-order valence-corrected chi connectivity index (χ3v) is 4.41. The van der Waals surface area contributed by atoms with Gasteiger partial charge in [-0.1, -0.05) is 18.2 Å². The van der Waals surface area contributed by atoms with Crippen molar-refractivity contribution in [2.24, 2.45) is 11.8 Å². The number of ether oxygens (including phenoxy) is 2. The van der Waals surface area contributed by atoms with Crippen LogP contribution in [0.25, 0.3) is 0 Å². The molecule has 5 heteroatoms. The van der Waals surface area contributed by atoms with Crippen molar-refractivity contribution in [1.82, 2.24) is 0 Å². The highest BCUT2D eigenvalue weighted by atomic mass is 16.6. The van der Waals surface area contributed by atoms with Gasteiger partial charge in [-0.15, -0.1) is 0 Å². The highest BCUT2D eigenvalue weighted by Gasteiger charge is 2.50. The van der Waals surface area contributed by atoms with Gasteiger partial charge in [-0.05, 0) is 18.1 Å². The lowest BCUT2D eigenvalue weighted by Gasteiger charge is -2.22. The van der Waals surface area contributed by atoms with E-state index in [4.69, 9.17) is 9.47 Å². The fourth-order valence-corrected chi connectivity index (χ4v) is 3.46. The topological polar surface area (TPSA) is 72.8 Å². The van der Waals surface area contributed by atoms with Crippen molar-refractivity contribution in [2.75, 3.05) is 0 Å². The summed E-state index contributed by atoms with van der Waals surface area (Å²) >= 11 is 0. The first-order valence-corrected chi connectivity index (χ1v) is 7.22. The Morgan fingerprint density at radius 2 is 2.10 bits per heavy atom. The Balaban J connectivity index is 1.70. The van der Waals surface area contributed by atoms with Crippen molar-refractivity contribution in [3.63, 3.8) is 0 Å². The van der Waals surface area contributed by atoms with Crippen LogP contribution in [0.3, 0.4) is 0 Å². The molecular weight excluding hydrogens is 272 g/mol. The van der Waals surface area contributed by atoms with Gasteiger partial charge in [0.2, 0.25) is 0 Å². The molecule has 1 aliphatic heterocycles. The summed E-state index contributed by atoms with van der Waals surface area (Å²) in [5.41, 5.74) is 0.500. The number of hydrogen-bond acceptors (Lipinski definition) is 5. The van der Waals surface area contributed by atoms with E-state index in [0.29, 0.717) is 24.8 Å².